The lowest BCUT2D eigenvalue weighted by molar-refractivity contribution is 1.07. The highest BCUT2D eigenvalue weighted by molar-refractivity contribution is 7.26. The lowest BCUT2D eigenvalue weighted by Gasteiger charge is -2.20. The minimum absolute atomic E-state index is 0.598. The van der Waals surface area contributed by atoms with Crippen LogP contribution in [0.2, 0.25) is 0 Å². The van der Waals surface area contributed by atoms with Gasteiger partial charge in [-0.1, -0.05) is 182 Å². The number of hydrogen-bond acceptors (Lipinski definition) is 4. The highest BCUT2D eigenvalue weighted by Gasteiger charge is 2.24. The summed E-state index contributed by atoms with van der Waals surface area (Å²) >= 11 is 1.84. The molecule has 5 heteroatoms. The molecule has 0 aliphatic heterocycles. The highest BCUT2D eigenvalue weighted by Crippen LogP contribution is 2.44. The van der Waals surface area contributed by atoms with Gasteiger partial charge in [0.05, 0.1) is 22.3 Å². The molecule has 4 nitrogen and oxygen atoms in total. The van der Waals surface area contributed by atoms with Gasteiger partial charge in [-0.15, -0.1) is 11.3 Å². The number of benzene rings is 9. The van der Waals surface area contributed by atoms with Crippen molar-refractivity contribution < 1.29 is 0 Å². The fourth-order valence-electron chi connectivity index (χ4n) is 9.00. The van der Waals surface area contributed by atoms with E-state index < -0.39 is 0 Å². The Kier molecular flexibility index (Phi) is 8.65. The molecule has 62 heavy (non-hydrogen) atoms. The number of rotatable bonds is 7. The standard InChI is InChI=1S/C57H36N4S/c1-4-18-37(19-5-1)42-35-48(38-20-6-2-7-21-38)53(51(36-42)61-49-31-13-10-26-44(49)45-27-11-14-32-50(45)61)57-59-55(39-22-8-3-9-23-39)58-56(60-57)41-25-16-24-40(34-41)43-29-17-30-47-46-28-12-15-33-52(46)62-54(43)47/h1-36H. The quantitative estimate of drug-likeness (QED) is 0.161. The average molecular weight is 809 g/mol. The molecule has 0 spiro atoms. The summed E-state index contributed by atoms with van der Waals surface area (Å²) in [4.78, 5) is 16.2. The van der Waals surface area contributed by atoms with Crippen molar-refractivity contribution in [3.05, 3.63) is 218 Å². The first kappa shape index (κ1) is 35.9. The number of para-hydroxylation sites is 2. The van der Waals surface area contributed by atoms with Crippen LogP contribution in [0.5, 0.6) is 0 Å². The maximum Gasteiger partial charge on any atom is 0.166 e. The molecule has 3 heterocycles. The minimum atomic E-state index is 0.598. The third-order valence-corrected chi connectivity index (χ3v) is 13.1. The van der Waals surface area contributed by atoms with Gasteiger partial charge < -0.3 is 4.57 Å². The third-order valence-electron chi connectivity index (χ3n) is 11.9. The summed E-state index contributed by atoms with van der Waals surface area (Å²) in [6.45, 7) is 0. The number of aromatic nitrogens is 4. The van der Waals surface area contributed by atoms with E-state index in [2.05, 4.69) is 205 Å². The Morgan fingerprint density at radius 3 is 1.55 bits per heavy atom. The van der Waals surface area contributed by atoms with Crippen molar-refractivity contribution in [1.29, 1.82) is 0 Å². The zero-order valence-electron chi connectivity index (χ0n) is 33.5. The number of fused-ring (bicyclic) bond motifs is 6. The molecule has 0 radical (unpaired) electrons. The molecule has 0 N–H and O–H groups in total. The second-order valence-electron chi connectivity index (χ2n) is 15.6. The predicted molar refractivity (Wildman–Crippen MR) is 260 cm³/mol. The van der Waals surface area contributed by atoms with Gasteiger partial charge in [0.25, 0.3) is 0 Å². The monoisotopic (exact) mass is 808 g/mol. The van der Waals surface area contributed by atoms with Crippen molar-refractivity contribution in [2.45, 2.75) is 0 Å². The molecule has 290 valence electrons. The van der Waals surface area contributed by atoms with E-state index in [1.54, 1.807) is 0 Å². The van der Waals surface area contributed by atoms with Crippen molar-refractivity contribution in [2.24, 2.45) is 0 Å². The van der Waals surface area contributed by atoms with Gasteiger partial charge in [-0.05, 0) is 69.8 Å². The van der Waals surface area contributed by atoms with Crippen LogP contribution in [-0.4, -0.2) is 19.5 Å². The zero-order chi connectivity index (χ0) is 41.0. The van der Waals surface area contributed by atoms with Crippen LogP contribution in [-0.2, 0) is 0 Å². The maximum atomic E-state index is 5.52. The van der Waals surface area contributed by atoms with Gasteiger partial charge in [-0.25, -0.2) is 15.0 Å². The first-order chi connectivity index (χ1) is 30.7. The Morgan fingerprint density at radius 2 is 0.839 bits per heavy atom. The van der Waals surface area contributed by atoms with Crippen molar-refractivity contribution in [3.8, 4) is 73.2 Å². The summed E-state index contributed by atoms with van der Waals surface area (Å²) in [6.07, 6.45) is 0. The van der Waals surface area contributed by atoms with Crippen LogP contribution in [0.4, 0.5) is 0 Å². The van der Waals surface area contributed by atoms with E-state index in [0.29, 0.717) is 17.5 Å². The van der Waals surface area contributed by atoms with Crippen LogP contribution in [0, 0.1) is 0 Å². The van der Waals surface area contributed by atoms with Gasteiger partial charge in [-0.2, -0.15) is 0 Å². The largest absolute Gasteiger partial charge is 0.308 e. The van der Waals surface area contributed by atoms with E-state index in [1.165, 1.54) is 36.5 Å². The van der Waals surface area contributed by atoms with Crippen LogP contribution in [0.1, 0.15) is 0 Å². The van der Waals surface area contributed by atoms with Crippen LogP contribution in [0.15, 0.2) is 218 Å². The first-order valence-electron chi connectivity index (χ1n) is 20.9. The molecular weight excluding hydrogens is 773 g/mol. The molecule has 12 rings (SSSR count). The van der Waals surface area contributed by atoms with E-state index in [4.69, 9.17) is 15.0 Å². The lowest BCUT2D eigenvalue weighted by atomic mass is 9.92. The molecule has 0 unspecified atom stereocenters. The van der Waals surface area contributed by atoms with Crippen LogP contribution in [0.25, 0.3) is 115 Å². The minimum Gasteiger partial charge on any atom is -0.308 e. The van der Waals surface area contributed by atoms with E-state index >= 15 is 0 Å². The zero-order valence-corrected chi connectivity index (χ0v) is 34.3. The van der Waals surface area contributed by atoms with Crippen LogP contribution >= 0.6 is 11.3 Å². The van der Waals surface area contributed by atoms with Gasteiger partial charge in [0, 0.05) is 42.1 Å². The summed E-state index contributed by atoms with van der Waals surface area (Å²) in [5, 5.41) is 4.93. The van der Waals surface area contributed by atoms with Crippen LogP contribution in [0.3, 0.4) is 0 Å². The molecule has 0 fully saturated rings. The van der Waals surface area contributed by atoms with Gasteiger partial charge >= 0.3 is 0 Å². The summed E-state index contributed by atoms with van der Waals surface area (Å²) in [7, 11) is 0. The number of nitrogens with zero attached hydrogens (tertiary/aromatic N) is 4. The van der Waals surface area contributed by atoms with Crippen LogP contribution < -0.4 is 0 Å². The Morgan fingerprint density at radius 1 is 0.323 bits per heavy atom. The Labute approximate surface area is 362 Å². The average Bonchev–Trinajstić information content (AvgIpc) is 3.90. The van der Waals surface area contributed by atoms with E-state index in [-0.39, 0.29) is 0 Å². The fourth-order valence-corrected chi connectivity index (χ4v) is 10.2. The van der Waals surface area contributed by atoms with E-state index in [9.17, 15) is 0 Å². The molecule has 3 aromatic heterocycles. The van der Waals surface area contributed by atoms with Crippen molar-refractivity contribution in [3.63, 3.8) is 0 Å². The second-order valence-corrected chi connectivity index (χ2v) is 16.6. The normalized spacial score (nSPS) is 11.5. The molecule has 0 saturated heterocycles. The molecular formula is C57H36N4S. The maximum absolute atomic E-state index is 5.52. The molecule has 0 saturated carbocycles. The molecule has 0 aliphatic rings. The summed E-state index contributed by atoms with van der Waals surface area (Å²) in [6, 6.07) is 77.4. The fraction of sp³-hybridized carbons (Fsp3) is 0. The van der Waals surface area contributed by atoms with Crippen molar-refractivity contribution >= 4 is 53.3 Å². The summed E-state index contributed by atoms with van der Waals surface area (Å²) in [5.74, 6) is 1.82. The van der Waals surface area contributed by atoms with Gasteiger partial charge in [0.1, 0.15) is 0 Å². The van der Waals surface area contributed by atoms with E-state index in [0.717, 1.165) is 61.2 Å². The molecule has 0 bridgehead atoms. The van der Waals surface area contributed by atoms with E-state index in [1.807, 2.05) is 29.5 Å². The Balaban J connectivity index is 1.16. The Bertz CT molecular complexity index is 3580. The Hall–Kier alpha value is -7.99. The van der Waals surface area contributed by atoms with Gasteiger partial charge in [0.15, 0.2) is 17.5 Å². The molecule has 0 atom stereocenters. The lowest BCUT2D eigenvalue weighted by Crippen LogP contribution is -2.06. The summed E-state index contributed by atoms with van der Waals surface area (Å²) < 4.78 is 4.96. The summed E-state index contributed by atoms with van der Waals surface area (Å²) in [5.41, 5.74) is 12.6. The molecule has 0 aliphatic carbocycles. The first-order valence-corrected chi connectivity index (χ1v) is 21.7. The highest BCUT2D eigenvalue weighted by atomic mass is 32.1. The number of thiophene rings is 1. The molecule has 12 aromatic rings. The predicted octanol–water partition coefficient (Wildman–Crippen LogP) is 15.3. The van der Waals surface area contributed by atoms with Gasteiger partial charge in [-0.3, -0.25) is 0 Å². The topological polar surface area (TPSA) is 43.6 Å². The SMILES string of the molecule is c1ccc(-c2cc(-c3ccccc3)c(-c3nc(-c4ccccc4)nc(-c4cccc(-c5cccc6c5sc5ccccc56)c4)n3)c(-n3c4ccccc4c4ccccc43)c2)cc1. The molecule has 9 aromatic carbocycles. The van der Waals surface area contributed by atoms with Gasteiger partial charge in [0.2, 0.25) is 0 Å². The third kappa shape index (κ3) is 6.09. The molecule has 0 amide bonds. The smallest absolute Gasteiger partial charge is 0.166 e. The van der Waals surface area contributed by atoms with Crippen molar-refractivity contribution in [1.82, 2.24) is 19.5 Å². The van der Waals surface area contributed by atoms with Crippen molar-refractivity contribution in [2.75, 3.05) is 0 Å². The second kappa shape index (κ2) is 14.9. The number of hydrogen-bond donors (Lipinski definition) is 0.